The summed E-state index contributed by atoms with van der Waals surface area (Å²) in [6, 6.07) is 7.12. The summed E-state index contributed by atoms with van der Waals surface area (Å²) in [4.78, 5) is 16.5. The third-order valence-corrected chi connectivity index (χ3v) is 8.75. The number of hydrogen-bond donors (Lipinski definition) is 0. The molecule has 3 heterocycles. The molecule has 0 atom stereocenters. The number of methoxy groups -OCH3 is 2. The molecule has 0 aliphatic carbocycles. The topological polar surface area (TPSA) is 95.0 Å². The number of thiophene rings is 1. The SMILES string of the molecule is COC(=O)c1sccc1S(=O)(=O)N1CCC(Oc2nc3cc(OC)ccc3s2)CC1. The number of sulfonamides is 1. The van der Waals surface area contributed by atoms with Gasteiger partial charge in [-0.1, -0.05) is 11.3 Å². The molecule has 2 aromatic heterocycles. The molecule has 0 radical (unpaired) electrons. The molecule has 3 aromatic rings. The maximum Gasteiger partial charge on any atom is 0.349 e. The first-order chi connectivity index (χ1) is 14.4. The van der Waals surface area contributed by atoms with Crippen LogP contribution in [-0.2, 0) is 14.8 Å². The molecule has 1 aromatic carbocycles. The van der Waals surface area contributed by atoms with Gasteiger partial charge in [0, 0.05) is 19.2 Å². The highest BCUT2D eigenvalue weighted by molar-refractivity contribution is 7.89. The van der Waals surface area contributed by atoms with Gasteiger partial charge in [0.2, 0.25) is 10.0 Å². The highest BCUT2D eigenvalue weighted by Gasteiger charge is 2.34. The zero-order valence-electron chi connectivity index (χ0n) is 16.4. The van der Waals surface area contributed by atoms with E-state index in [0.717, 1.165) is 27.3 Å². The van der Waals surface area contributed by atoms with E-state index in [1.807, 2.05) is 18.2 Å². The van der Waals surface area contributed by atoms with Gasteiger partial charge in [0.05, 0.1) is 24.4 Å². The van der Waals surface area contributed by atoms with Gasteiger partial charge in [-0.15, -0.1) is 11.3 Å². The molecule has 0 amide bonds. The molecule has 1 aliphatic heterocycles. The average Bonchev–Trinajstić information content (AvgIpc) is 3.40. The lowest BCUT2D eigenvalue weighted by atomic mass is 10.1. The summed E-state index contributed by atoms with van der Waals surface area (Å²) in [6.07, 6.45) is 0.952. The Bertz CT molecular complexity index is 1160. The van der Waals surface area contributed by atoms with Crippen LogP contribution in [0.15, 0.2) is 34.5 Å². The number of esters is 1. The van der Waals surface area contributed by atoms with E-state index in [4.69, 9.17) is 14.2 Å². The van der Waals surface area contributed by atoms with Gasteiger partial charge in [-0.05, 0) is 36.4 Å². The molecule has 11 heteroatoms. The number of fused-ring (bicyclic) bond motifs is 1. The normalized spacial score (nSPS) is 15.9. The quantitative estimate of drug-likeness (QED) is 0.512. The maximum absolute atomic E-state index is 13.0. The summed E-state index contributed by atoms with van der Waals surface area (Å²) >= 11 is 2.51. The number of piperidine rings is 1. The standard InChI is InChI=1S/C19H20N2O6S3/c1-25-13-3-4-15-14(11-13)20-19(29-15)27-12-5-8-21(9-6-12)30(23,24)16-7-10-28-17(16)18(22)26-2/h3-4,7,10-12H,5-6,8-9H2,1-2H3. The van der Waals surface area contributed by atoms with E-state index < -0.39 is 16.0 Å². The second kappa shape index (κ2) is 8.50. The van der Waals surface area contributed by atoms with Gasteiger partial charge in [0.1, 0.15) is 21.6 Å². The zero-order chi connectivity index (χ0) is 21.3. The van der Waals surface area contributed by atoms with Gasteiger partial charge in [-0.25, -0.2) is 18.2 Å². The van der Waals surface area contributed by atoms with Crippen molar-refractivity contribution in [3.63, 3.8) is 0 Å². The van der Waals surface area contributed by atoms with Crippen LogP contribution in [-0.4, -0.2) is 57.1 Å². The summed E-state index contributed by atoms with van der Waals surface area (Å²) in [7, 11) is -0.925. The Morgan fingerprint density at radius 3 is 2.67 bits per heavy atom. The summed E-state index contributed by atoms with van der Waals surface area (Å²) < 4.78 is 44.3. The summed E-state index contributed by atoms with van der Waals surface area (Å²) in [5.74, 6) is 0.0897. The summed E-state index contributed by atoms with van der Waals surface area (Å²) in [6.45, 7) is 0.615. The number of rotatable bonds is 6. The van der Waals surface area contributed by atoms with Crippen LogP contribution in [0.4, 0.5) is 0 Å². The molecule has 0 N–H and O–H groups in total. The van der Waals surface area contributed by atoms with Crippen LogP contribution in [0.2, 0.25) is 0 Å². The Balaban J connectivity index is 1.42. The number of ether oxygens (including phenoxy) is 3. The van der Waals surface area contributed by atoms with Gasteiger partial charge in [0.15, 0.2) is 0 Å². The third-order valence-electron chi connectivity index (χ3n) is 4.86. The minimum Gasteiger partial charge on any atom is -0.497 e. The van der Waals surface area contributed by atoms with Crippen LogP contribution in [0.3, 0.4) is 0 Å². The fraction of sp³-hybridized carbons (Fsp3) is 0.368. The largest absolute Gasteiger partial charge is 0.497 e. The fourth-order valence-electron chi connectivity index (χ4n) is 3.28. The van der Waals surface area contributed by atoms with E-state index >= 15 is 0 Å². The Labute approximate surface area is 182 Å². The van der Waals surface area contributed by atoms with Gasteiger partial charge in [-0.3, -0.25) is 0 Å². The lowest BCUT2D eigenvalue weighted by Gasteiger charge is -2.30. The Hall–Kier alpha value is -2.21. The van der Waals surface area contributed by atoms with Crippen molar-refractivity contribution >= 4 is 48.9 Å². The van der Waals surface area contributed by atoms with Crippen molar-refractivity contribution in [2.24, 2.45) is 0 Å². The van der Waals surface area contributed by atoms with E-state index in [0.29, 0.717) is 31.1 Å². The van der Waals surface area contributed by atoms with Crippen molar-refractivity contribution in [3.05, 3.63) is 34.5 Å². The Morgan fingerprint density at radius 1 is 1.20 bits per heavy atom. The van der Waals surface area contributed by atoms with Crippen LogP contribution >= 0.6 is 22.7 Å². The second-order valence-corrected chi connectivity index (χ2v) is 10.5. The average molecular weight is 469 g/mol. The number of carbonyl (C=O) groups is 1. The predicted octanol–water partition coefficient (Wildman–Crippen LogP) is 3.39. The van der Waals surface area contributed by atoms with E-state index in [1.165, 1.54) is 28.8 Å². The molecule has 8 nitrogen and oxygen atoms in total. The molecular formula is C19H20N2O6S3. The number of nitrogens with zero attached hydrogens (tertiary/aromatic N) is 2. The van der Waals surface area contributed by atoms with Gasteiger partial charge < -0.3 is 14.2 Å². The number of thiazole rings is 1. The molecule has 4 rings (SSSR count). The molecule has 0 saturated carbocycles. The molecule has 1 saturated heterocycles. The van der Waals surface area contributed by atoms with Gasteiger partial charge >= 0.3 is 5.97 Å². The van der Waals surface area contributed by atoms with Crippen LogP contribution in [0.25, 0.3) is 10.2 Å². The van der Waals surface area contributed by atoms with Crippen molar-refractivity contribution in [3.8, 4) is 10.9 Å². The van der Waals surface area contributed by atoms with Crippen molar-refractivity contribution < 1.29 is 27.4 Å². The molecule has 0 bridgehead atoms. The van der Waals surface area contributed by atoms with Gasteiger partial charge in [0.25, 0.3) is 5.19 Å². The molecule has 0 spiro atoms. The van der Waals surface area contributed by atoms with Crippen LogP contribution in [0.5, 0.6) is 10.9 Å². The first-order valence-corrected chi connectivity index (χ1v) is 12.3. The van der Waals surface area contributed by atoms with Crippen molar-refractivity contribution in [1.29, 1.82) is 0 Å². The fourth-order valence-corrected chi connectivity index (χ4v) is 6.92. The number of carbonyl (C=O) groups excluding carboxylic acids is 1. The molecule has 160 valence electrons. The Kier molecular flexibility index (Phi) is 5.96. The third kappa shape index (κ3) is 4.02. The first-order valence-electron chi connectivity index (χ1n) is 9.19. The predicted molar refractivity (Wildman–Crippen MR) is 114 cm³/mol. The lowest BCUT2D eigenvalue weighted by molar-refractivity contribution is 0.0602. The first kappa shape index (κ1) is 21.0. The van der Waals surface area contributed by atoms with E-state index in [-0.39, 0.29) is 15.9 Å². The molecule has 0 unspecified atom stereocenters. The van der Waals surface area contributed by atoms with E-state index in [2.05, 4.69) is 4.98 Å². The van der Waals surface area contributed by atoms with E-state index in [1.54, 1.807) is 12.5 Å². The number of hydrogen-bond acceptors (Lipinski definition) is 9. The highest BCUT2D eigenvalue weighted by atomic mass is 32.2. The summed E-state index contributed by atoms with van der Waals surface area (Å²) in [5.41, 5.74) is 0.808. The van der Waals surface area contributed by atoms with E-state index in [9.17, 15) is 13.2 Å². The van der Waals surface area contributed by atoms with Crippen molar-refractivity contribution in [2.45, 2.75) is 23.8 Å². The molecular weight excluding hydrogens is 448 g/mol. The smallest absolute Gasteiger partial charge is 0.349 e. The second-order valence-electron chi connectivity index (χ2n) is 6.64. The Morgan fingerprint density at radius 2 is 1.97 bits per heavy atom. The van der Waals surface area contributed by atoms with Crippen LogP contribution in [0, 0.1) is 0 Å². The van der Waals surface area contributed by atoms with Gasteiger partial charge in [-0.2, -0.15) is 4.31 Å². The maximum atomic E-state index is 13.0. The van der Waals surface area contributed by atoms with Crippen molar-refractivity contribution in [1.82, 2.24) is 9.29 Å². The van der Waals surface area contributed by atoms with Crippen LogP contribution < -0.4 is 9.47 Å². The highest BCUT2D eigenvalue weighted by Crippen LogP contribution is 2.33. The summed E-state index contributed by atoms with van der Waals surface area (Å²) in [5, 5.41) is 2.14. The lowest BCUT2D eigenvalue weighted by Crippen LogP contribution is -2.41. The van der Waals surface area contributed by atoms with Crippen LogP contribution in [0.1, 0.15) is 22.5 Å². The minimum atomic E-state index is -3.77. The number of benzene rings is 1. The zero-order valence-corrected chi connectivity index (χ0v) is 18.8. The van der Waals surface area contributed by atoms with Crippen molar-refractivity contribution in [2.75, 3.05) is 27.3 Å². The molecule has 1 fully saturated rings. The monoisotopic (exact) mass is 468 g/mol. The molecule has 30 heavy (non-hydrogen) atoms. The molecule has 1 aliphatic rings. The minimum absolute atomic E-state index is 0.00108. The number of aromatic nitrogens is 1.